The molecule has 2 heterocycles. The summed E-state index contributed by atoms with van der Waals surface area (Å²) in [7, 11) is 0. The quantitative estimate of drug-likeness (QED) is 0.847. The largest absolute Gasteiger partial charge is 0.450 e. The Bertz CT molecular complexity index is 647. The van der Waals surface area contributed by atoms with Gasteiger partial charge in [0.1, 0.15) is 5.52 Å². The number of para-hydroxylation sites is 1. The van der Waals surface area contributed by atoms with Crippen LogP contribution in [0.5, 0.6) is 0 Å². The number of hydrogen-bond donors (Lipinski definition) is 1. The molecule has 21 heavy (non-hydrogen) atoms. The van der Waals surface area contributed by atoms with Crippen LogP contribution >= 0.6 is 0 Å². The van der Waals surface area contributed by atoms with Crippen LogP contribution in [0, 0.1) is 0 Å². The van der Waals surface area contributed by atoms with Gasteiger partial charge in [0.05, 0.1) is 12.3 Å². The van der Waals surface area contributed by atoms with E-state index in [1.165, 1.54) is 0 Å². The molecule has 0 spiro atoms. The highest BCUT2D eigenvalue weighted by molar-refractivity contribution is 5.86. The molecule has 1 saturated heterocycles. The molecule has 1 aliphatic rings. The molecule has 0 atom stereocenters. The van der Waals surface area contributed by atoms with Gasteiger partial charge in [-0.25, -0.2) is 4.79 Å². The topological polar surface area (TPSA) is 84.8 Å². The maximum Gasteiger partial charge on any atom is 0.409 e. The Morgan fingerprint density at radius 2 is 2.14 bits per heavy atom. The molecule has 1 fully saturated rings. The van der Waals surface area contributed by atoms with Crippen molar-refractivity contribution in [2.45, 2.75) is 6.92 Å². The smallest absolute Gasteiger partial charge is 0.409 e. The molecular weight excluding hydrogens is 272 g/mol. The van der Waals surface area contributed by atoms with Gasteiger partial charge in [0.25, 0.3) is 6.01 Å². The Morgan fingerprint density at radius 3 is 2.81 bits per heavy atom. The molecule has 0 bridgehead atoms. The Kier molecular flexibility index (Phi) is 3.55. The molecule has 0 saturated carbocycles. The van der Waals surface area contributed by atoms with Crippen molar-refractivity contribution in [1.82, 2.24) is 9.88 Å². The minimum Gasteiger partial charge on any atom is -0.450 e. The lowest BCUT2D eigenvalue weighted by molar-refractivity contribution is 0.104. The number of nitrogen functional groups attached to an aromatic ring is 1. The number of amides is 1. The Morgan fingerprint density at radius 1 is 1.38 bits per heavy atom. The van der Waals surface area contributed by atoms with Gasteiger partial charge in [0.2, 0.25) is 0 Å². The summed E-state index contributed by atoms with van der Waals surface area (Å²) in [6.07, 6.45) is -0.265. The molecule has 0 unspecified atom stereocenters. The lowest BCUT2D eigenvalue weighted by atomic mass is 10.3. The monoisotopic (exact) mass is 290 g/mol. The van der Waals surface area contributed by atoms with Gasteiger partial charge in [0, 0.05) is 26.2 Å². The highest BCUT2D eigenvalue weighted by atomic mass is 16.6. The van der Waals surface area contributed by atoms with Gasteiger partial charge in [-0.05, 0) is 19.1 Å². The summed E-state index contributed by atoms with van der Waals surface area (Å²) in [5, 5.41) is 0. The SMILES string of the molecule is CCOC(=O)N1CCN(c2nc3c(N)cccc3o2)CC1. The van der Waals surface area contributed by atoms with Crippen LogP contribution in [0.1, 0.15) is 6.92 Å². The summed E-state index contributed by atoms with van der Waals surface area (Å²) >= 11 is 0. The lowest BCUT2D eigenvalue weighted by Gasteiger charge is -2.32. The van der Waals surface area contributed by atoms with E-state index in [-0.39, 0.29) is 6.09 Å². The first-order chi connectivity index (χ1) is 10.2. The second kappa shape index (κ2) is 5.51. The molecule has 1 aromatic carbocycles. The van der Waals surface area contributed by atoms with Crippen LogP contribution in [-0.4, -0.2) is 48.8 Å². The zero-order valence-corrected chi connectivity index (χ0v) is 11.9. The van der Waals surface area contributed by atoms with E-state index in [4.69, 9.17) is 14.9 Å². The van der Waals surface area contributed by atoms with Crippen LogP contribution in [0.3, 0.4) is 0 Å². The molecule has 1 aromatic heterocycles. The molecule has 0 radical (unpaired) electrons. The number of carbonyl (C=O) groups excluding carboxylic acids is 1. The minimum atomic E-state index is -0.265. The first-order valence-corrected chi connectivity index (χ1v) is 7.00. The molecular formula is C14H18N4O3. The third-order valence-corrected chi connectivity index (χ3v) is 3.52. The summed E-state index contributed by atoms with van der Waals surface area (Å²) in [6, 6.07) is 6.03. The fourth-order valence-corrected chi connectivity index (χ4v) is 2.39. The predicted molar refractivity (Wildman–Crippen MR) is 79.2 cm³/mol. The van der Waals surface area contributed by atoms with Crippen LogP contribution in [0.25, 0.3) is 11.1 Å². The molecule has 0 aliphatic carbocycles. The van der Waals surface area contributed by atoms with Crippen molar-refractivity contribution in [3.63, 3.8) is 0 Å². The van der Waals surface area contributed by atoms with Crippen LogP contribution in [-0.2, 0) is 4.74 Å². The number of nitrogens with two attached hydrogens (primary N) is 1. The summed E-state index contributed by atoms with van der Waals surface area (Å²) in [5.41, 5.74) is 7.85. The van der Waals surface area contributed by atoms with Gasteiger partial charge in [-0.2, -0.15) is 4.98 Å². The molecule has 7 heteroatoms. The van der Waals surface area contributed by atoms with Gasteiger partial charge in [0.15, 0.2) is 5.58 Å². The molecule has 2 N–H and O–H groups in total. The van der Waals surface area contributed by atoms with Crippen molar-refractivity contribution in [2.24, 2.45) is 0 Å². The molecule has 112 valence electrons. The maximum absolute atomic E-state index is 11.7. The Labute approximate surface area is 122 Å². The number of ether oxygens (including phenoxy) is 1. The molecule has 1 aliphatic heterocycles. The zero-order valence-electron chi connectivity index (χ0n) is 11.9. The van der Waals surface area contributed by atoms with Crippen molar-refractivity contribution in [2.75, 3.05) is 43.4 Å². The zero-order chi connectivity index (χ0) is 14.8. The van der Waals surface area contributed by atoms with Crippen molar-refractivity contribution in [1.29, 1.82) is 0 Å². The highest BCUT2D eigenvalue weighted by Gasteiger charge is 2.24. The van der Waals surface area contributed by atoms with Gasteiger partial charge in [-0.3, -0.25) is 0 Å². The highest BCUT2D eigenvalue weighted by Crippen LogP contribution is 2.26. The van der Waals surface area contributed by atoms with E-state index in [9.17, 15) is 4.79 Å². The van der Waals surface area contributed by atoms with Crippen molar-refractivity contribution in [3.05, 3.63) is 18.2 Å². The maximum atomic E-state index is 11.7. The summed E-state index contributed by atoms with van der Waals surface area (Å²) in [4.78, 5) is 19.8. The molecule has 3 rings (SSSR count). The second-order valence-electron chi connectivity index (χ2n) is 4.86. The number of piperazine rings is 1. The number of rotatable bonds is 2. The Hall–Kier alpha value is -2.44. The van der Waals surface area contributed by atoms with E-state index in [0.29, 0.717) is 55.6 Å². The predicted octanol–water partition coefficient (Wildman–Crippen LogP) is 1.69. The summed E-state index contributed by atoms with van der Waals surface area (Å²) in [5.74, 6) is 0. The normalized spacial score (nSPS) is 15.5. The van der Waals surface area contributed by atoms with Crippen LogP contribution in [0.15, 0.2) is 22.6 Å². The fraction of sp³-hybridized carbons (Fsp3) is 0.429. The third kappa shape index (κ3) is 2.58. The van der Waals surface area contributed by atoms with E-state index >= 15 is 0 Å². The number of nitrogens with zero attached hydrogens (tertiary/aromatic N) is 3. The van der Waals surface area contributed by atoms with Gasteiger partial charge in [-0.15, -0.1) is 0 Å². The van der Waals surface area contributed by atoms with E-state index in [2.05, 4.69) is 4.98 Å². The van der Waals surface area contributed by atoms with Crippen LogP contribution in [0.4, 0.5) is 16.5 Å². The molecule has 1 amide bonds. The first-order valence-electron chi connectivity index (χ1n) is 7.00. The number of aromatic nitrogens is 1. The van der Waals surface area contributed by atoms with Gasteiger partial charge < -0.3 is 24.7 Å². The van der Waals surface area contributed by atoms with E-state index < -0.39 is 0 Å². The van der Waals surface area contributed by atoms with E-state index in [1.54, 1.807) is 17.9 Å². The molecule has 2 aromatic rings. The summed E-state index contributed by atoms with van der Waals surface area (Å²) < 4.78 is 10.7. The van der Waals surface area contributed by atoms with Crippen molar-refractivity contribution in [3.8, 4) is 0 Å². The lowest BCUT2D eigenvalue weighted by Crippen LogP contribution is -2.49. The average Bonchev–Trinajstić information content (AvgIpc) is 2.93. The number of carbonyl (C=O) groups is 1. The van der Waals surface area contributed by atoms with Gasteiger partial charge >= 0.3 is 6.09 Å². The standard InChI is InChI=1S/C14H18N4O3/c1-2-20-14(19)18-8-6-17(7-9-18)13-16-12-10(15)4-3-5-11(12)21-13/h3-5H,2,6-9,15H2,1H3. The number of fused-ring (bicyclic) bond motifs is 1. The molecule has 7 nitrogen and oxygen atoms in total. The number of anilines is 2. The minimum absolute atomic E-state index is 0.265. The van der Waals surface area contributed by atoms with Crippen molar-refractivity contribution < 1.29 is 13.9 Å². The van der Waals surface area contributed by atoms with Crippen LogP contribution < -0.4 is 10.6 Å². The average molecular weight is 290 g/mol. The van der Waals surface area contributed by atoms with E-state index in [0.717, 1.165) is 0 Å². The summed E-state index contributed by atoms with van der Waals surface area (Å²) in [6.45, 7) is 4.69. The van der Waals surface area contributed by atoms with Gasteiger partial charge in [-0.1, -0.05) is 6.07 Å². The van der Waals surface area contributed by atoms with E-state index in [1.807, 2.05) is 17.0 Å². The fourth-order valence-electron chi connectivity index (χ4n) is 2.39. The third-order valence-electron chi connectivity index (χ3n) is 3.52. The number of oxazole rings is 1. The second-order valence-corrected chi connectivity index (χ2v) is 4.86. The number of hydrogen-bond acceptors (Lipinski definition) is 6. The number of benzene rings is 1. The van der Waals surface area contributed by atoms with Crippen molar-refractivity contribution >= 4 is 28.9 Å². The Balaban J connectivity index is 1.71. The van der Waals surface area contributed by atoms with Crippen LogP contribution in [0.2, 0.25) is 0 Å². The first kappa shape index (κ1) is 13.5.